The highest BCUT2D eigenvalue weighted by Crippen LogP contribution is 2.45. The van der Waals surface area contributed by atoms with E-state index in [1.165, 1.54) is 0 Å². The first-order chi connectivity index (χ1) is 10.9. The average molecular weight is 315 g/mol. The molecule has 0 radical (unpaired) electrons. The molecule has 1 fully saturated rings. The van der Waals surface area contributed by atoms with Crippen LogP contribution in [0.1, 0.15) is 43.2 Å². The molecule has 5 nitrogen and oxygen atoms in total. The first-order valence-electron chi connectivity index (χ1n) is 8.19. The Morgan fingerprint density at radius 3 is 2.87 bits per heavy atom. The first kappa shape index (κ1) is 16.0. The Balaban J connectivity index is 1.84. The number of hydrogen-bond donors (Lipinski definition) is 1. The van der Waals surface area contributed by atoms with Crippen LogP contribution in [-0.2, 0) is 4.74 Å². The molecule has 2 aromatic rings. The molecule has 1 amide bonds. The van der Waals surface area contributed by atoms with Crippen LogP contribution in [0.3, 0.4) is 0 Å². The molecule has 2 atom stereocenters. The molecule has 1 aromatic heterocycles. The third kappa shape index (κ3) is 2.53. The molecule has 1 heterocycles. The summed E-state index contributed by atoms with van der Waals surface area (Å²) in [7, 11) is 1.87. The Kier molecular flexibility index (Phi) is 3.92. The van der Waals surface area contributed by atoms with Crippen molar-refractivity contribution in [3.63, 3.8) is 0 Å². The Morgan fingerprint density at radius 1 is 1.48 bits per heavy atom. The number of nitrogens with one attached hydrogen (secondary N) is 1. The van der Waals surface area contributed by atoms with E-state index < -0.39 is 0 Å². The minimum Gasteiger partial charge on any atom is -0.378 e. The number of ether oxygens (including phenoxy) is 1. The van der Waals surface area contributed by atoms with Crippen molar-refractivity contribution in [1.29, 1.82) is 0 Å². The summed E-state index contributed by atoms with van der Waals surface area (Å²) in [5.41, 5.74) is 2.48. The van der Waals surface area contributed by atoms with E-state index in [1.807, 2.05) is 44.0 Å². The second-order valence-electron chi connectivity index (χ2n) is 7.05. The molecule has 0 aliphatic heterocycles. The molecule has 1 aliphatic carbocycles. The maximum atomic E-state index is 12.9. The van der Waals surface area contributed by atoms with Gasteiger partial charge in [-0.3, -0.25) is 9.89 Å². The van der Waals surface area contributed by atoms with Crippen molar-refractivity contribution < 1.29 is 9.53 Å². The number of carbonyl (C=O) groups is 1. The Labute approximate surface area is 137 Å². The predicted molar refractivity (Wildman–Crippen MR) is 90.5 cm³/mol. The van der Waals surface area contributed by atoms with Gasteiger partial charge in [-0.2, -0.15) is 5.10 Å². The van der Waals surface area contributed by atoms with E-state index in [4.69, 9.17) is 4.74 Å². The van der Waals surface area contributed by atoms with Crippen molar-refractivity contribution >= 4 is 16.8 Å². The fourth-order valence-electron chi connectivity index (χ4n) is 3.61. The Bertz CT molecular complexity index is 735. The topological polar surface area (TPSA) is 58.2 Å². The SMILES string of the molecule is CCO[C@H]1C[C@H](N(C)C(=O)c2n[nH]c3ccc(C)cc23)C1(C)C. The van der Waals surface area contributed by atoms with Crippen molar-refractivity contribution in [3.05, 3.63) is 29.5 Å². The third-order valence-corrected chi connectivity index (χ3v) is 5.20. The summed E-state index contributed by atoms with van der Waals surface area (Å²) in [5.74, 6) is -0.0325. The normalized spacial score (nSPS) is 22.8. The Hall–Kier alpha value is -1.88. The quantitative estimate of drug-likeness (QED) is 0.943. The van der Waals surface area contributed by atoms with E-state index in [9.17, 15) is 4.79 Å². The molecule has 0 unspecified atom stereocenters. The minimum absolute atomic E-state index is 0.0325. The summed E-state index contributed by atoms with van der Waals surface area (Å²) in [5, 5.41) is 8.10. The molecular formula is C18H25N3O2. The molecule has 1 aromatic carbocycles. The summed E-state index contributed by atoms with van der Waals surface area (Å²) in [6.07, 6.45) is 1.09. The van der Waals surface area contributed by atoms with Gasteiger partial charge in [-0.25, -0.2) is 0 Å². The van der Waals surface area contributed by atoms with Gasteiger partial charge >= 0.3 is 0 Å². The minimum atomic E-state index is -0.0392. The molecule has 0 bridgehead atoms. The van der Waals surface area contributed by atoms with Crippen molar-refractivity contribution in [2.24, 2.45) is 5.41 Å². The molecule has 0 saturated heterocycles. The number of nitrogens with zero attached hydrogens (tertiary/aromatic N) is 2. The van der Waals surface area contributed by atoms with Crippen LogP contribution in [0.15, 0.2) is 18.2 Å². The van der Waals surface area contributed by atoms with Crippen molar-refractivity contribution in [2.75, 3.05) is 13.7 Å². The molecule has 1 saturated carbocycles. The van der Waals surface area contributed by atoms with E-state index in [-0.39, 0.29) is 23.5 Å². The lowest BCUT2D eigenvalue weighted by molar-refractivity contribution is -0.136. The van der Waals surface area contributed by atoms with Gasteiger partial charge in [0.25, 0.3) is 5.91 Å². The van der Waals surface area contributed by atoms with Crippen LogP contribution < -0.4 is 0 Å². The van der Waals surface area contributed by atoms with Crippen LogP contribution in [-0.4, -0.2) is 46.8 Å². The van der Waals surface area contributed by atoms with Crippen LogP contribution in [0.4, 0.5) is 0 Å². The van der Waals surface area contributed by atoms with E-state index in [1.54, 1.807) is 0 Å². The zero-order valence-corrected chi connectivity index (χ0v) is 14.5. The summed E-state index contributed by atoms with van der Waals surface area (Å²) >= 11 is 0. The average Bonchev–Trinajstić information content (AvgIpc) is 2.92. The van der Waals surface area contributed by atoms with Gasteiger partial charge in [0, 0.05) is 30.5 Å². The van der Waals surface area contributed by atoms with Gasteiger partial charge in [0.05, 0.1) is 11.6 Å². The van der Waals surface area contributed by atoms with Crippen LogP contribution in [0, 0.1) is 12.3 Å². The van der Waals surface area contributed by atoms with Crippen molar-refractivity contribution in [3.8, 4) is 0 Å². The number of aromatic amines is 1. The Morgan fingerprint density at radius 2 is 2.22 bits per heavy atom. The van der Waals surface area contributed by atoms with Gasteiger partial charge in [-0.1, -0.05) is 25.5 Å². The third-order valence-electron chi connectivity index (χ3n) is 5.20. The maximum absolute atomic E-state index is 12.9. The van der Waals surface area contributed by atoms with Crippen LogP contribution in [0.2, 0.25) is 0 Å². The highest BCUT2D eigenvalue weighted by Gasteiger charge is 2.52. The van der Waals surface area contributed by atoms with E-state index in [2.05, 4.69) is 24.0 Å². The van der Waals surface area contributed by atoms with Gasteiger partial charge in [-0.05, 0) is 32.4 Å². The molecule has 1 N–H and O–H groups in total. The lowest BCUT2D eigenvalue weighted by atomic mass is 9.63. The highest BCUT2D eigenvalue weighted by atomic mass is 16.5. The molecule has 0 spiro atoms. The van der Waals surface area contributed by atoms with Gasteiger partial charge in [0.2, 0.25) is 0 Å². The zero-order valence-electron chi connectivity index (χ0n) is 14.5. The lowest BCUT2D eigenvalue weighted by Gasteiger charge is -2.54. The number of fused-ring (bicyclic) bond motifs is 1. The van der Waals surface area contributed by atoms with Crippen molar-refractivity contribution in [2.45, 2.75) is 46.3 Å². The van der Waals surface area contributed by atoms with Gasteiger partial charge in [0.15, 0.2) is 5.69 Å². The highest BCUT2D eigenvalue weighted by molar-refractivity contribution is 6.04. The summed E-state index contributed by atoms with van der Waals surface area (Å²) in [4.78, 5) is 14.7. The second-order valence-corrected chi connectivity index (χ2v) is 7.05. The number of hydrogen-bond acceptors (Lipinski definition) is 3. The number of amides is 1. The second kappa shape index (κ2) is 5.64. The number of aryl methyl sites for hydroxylation is 1. The summed E-state index contributed by atoms with van der Waals surface area (Å²) < 4.78 is 5.77. The number of carbonyl (C=O) groups excluding carboxylic acids is 1. The molecule has 23 heavy (non-hydrogen) atoms. The molecule has 1 aliphatic rings. The summed E-state index contributed by atoms with van der Waals surface area (Å²) in [6.45, 7) is 9.07. The molecule has 5 heteroatoms. The molecule has 3 rings (SSSR count). The first-order valence-corrected chi connectivity index (χ1v) is 8.19. The van der Waals surface area contributed by atoms with Crippen molar-refractivity contribution in [1.82, 2.24) is 15.1 Å². The molecular weight excluding hydrogens is 290 g/mol. The standard InChI is InChI=1S/C18H25N3O2/c1-6-23-15-10-14(18(15,3)4)21(5)17(22)16-12-9-11(2)7-8-13(12)19-20-16/h7-9,14-15H,6,10H2,1-5H3,(H,19,20)/t14-,15-/m0/s1. The largest absolute Gasteiger partial charge is 0.378 e. The zero-order chi connectivity index (χ0) is 16.8. The molecule has 124 valence electrons. The predicted octanol–water partition coefficient (Wildman–Crippen LogP) is 3.15. The van der Waals surface area contributed by atoms with Gasteiger partial charge in [-0.15, -0.1) is 0 Å². The van der Waals surface area contributed by atoms with Gasteiger partial charge in [0.1, 0.15) is 0 Å². The fraction of sp³-hybridized carbons (Fsp3) is 0.556. The number of H-pyrrole nitrogens is 1. The smallest absolute Gasteiger partial charge is 0.275 e. The number of benzene rings is 1. The fourth-order valence-corrected chi connectivity index (χ4v) is 3.61. The number of rotatable bonds is 4. The van der Waals surface area contributed by atoms with Crippen LogP contribution >= 0.6 is 0 Å². The van der Waals surface area contributed by atoms with E-state index in [0.29, 0.717) is 12.3 Å². The van der Waals surface area contributed by atoms with Crippen LogP contribution in [0.5, 0.6) is 0 Å². The van der Waals surface area contributed by atoms with E-state index in [0.717, 1.165) is 22.9 Å². The lowest BCUT2D eigenvalue weighted by Crippen LogP contribution is -2.62. The summed E-state index contributed by atoms with van der Waals surface area (Å²) in [6, 6.07) is 6.16. The monoisotopic (exact) mass is 315 g/mol. The number of aromatic nitrogens is 2. The van der Waals surface area contributed by atoms with Gasteiger partial charge < -0.3 is 9.64 Å². The van der Waals surface area contributed by atoms with Crippen LogP contribution in [0.25, 0.3) is 10.9 Å². The maximum Gasteiger partial charge on any atom is 0.275 e. The van der Waals surface area contributed by atoms with E-state index >= 15 is 0 Å².